The van der Waals surface area contributed by atoms with Crippen LogP contribution in [0.1, 0.15) is 57.3 Å². The Kier molecular flexibility index (Phi) is 4.31. The summed E-state index contributed by atoms with van der Waals surface area (Å²) in [5, 5.41) is 11.0. The predicted molar refractivity (Wildman–Crippen MR) is 76.9 cm³/mol. The molecule has 2 rings (SSSR count). The maximum Gasteiger partial charge on any atom is 0.0825 e. The van der Waals surface area contributed by atoms with Crippen molar-refractivity contribution in [2.24, 2.45) is 11.8 Å². The molecular weight excluding hydrogens is 222 g/mol. The minimum atomic E-state index is 0.637. The van der Waals surface area contributed by atoms with Gasteiger partial charge in [-0.25, -0.2) is 0 Å². The Labute approximate surface area is 111 Å². The van der Waals surface area contributed by atoms with Gasteiger partial charge in [0.05, 0.1) is 17.1 Å². The molecule has 2 atom stereocenters. The number of anilines is 1. The average molecular weight is 249 g/mol. The molecule has 0 aromatic carbocycles. The molecule has 1 aliphatic carbocycles. The molecule has 0 aliphatic heterocycles. The van der Waals surface area contributed by atoms with Crippen molar-refractivity contribution in [3.8, 4) is 0 Å². The van der Waals surface area contributed by atoms with Gasteiger partial charge in [0, 0.05) is 6.04 Å². The minimum Gasteiger partial charge on any atom is -0.379 e. The summed E-state index contributed by atoms with van der Waals surface area (Å²) in [4.78, 5) is 0. The number of aromatic amines is 1. The molecule has 1 aromatic rings. The van der Waals surface area contributed by atoms with E-state index in [-0.39, 0.29) is 0 Å². The van der Waals surface area contributed by atoms with Crippen molar-refractivity contribution in [2.75, 3.05) is 5.32 Å². The molecule has 1 fully saturated rings. The molecule has 0 radical (unpaired) electrons. The van der Waals surface area contributed by atoms with Crippen molar-refractivity contribution >= 4 is 5.69 Å². The van der Waals surface area contributed by atoms with Crippen molar-refractivity contribution in [1.29, 1.82) is 0 Å². The quantitative estimate of drug-likeness (QED) is 0.845. The summed E-state index contributed by atoms with van der Waals surface area (Å²) in [6, 6.07) is 0.637. The molecule has 2 N–H and O–H groups in total. The molecule has 0 bridgehead atoms. The first-order valence-corrected chi connectivity index (χ1v) is 7.34. The third kappa shape index (κ3) is 3.27. The fourth-order valence-electron chi connectivity index (χ4n) is 3.27. The topological polar surface area (TPSA) is 40.7 Å². The van der Waals surface area contributed by atoms with Gasteiger partial charge in [-0.1, -0.05) is 26.7 Å². The molecule has 0 amide bonds. The second-order valence-corrected chi connectivity index (χ2v) is 6.31. The maximum atomic E-state index is 4.26. The van der Waals surface area contributed by atoms with Gasteiger partial charge in [-0.2, -0.15) is 5.10 Å². The summed E-state index contributed by atoms with van der Waals surface area (Å²) in [7, 11) is 0. The summed E-state index contributed by atoms with van der Waals surface area (Å²) in [5.74, 6) is 1.73. The monoisotopic (exact) mass is 249 g/mol. The van der Waals surface area contributed by atoms with E-state index in [1.54, 1.807) is 0 Å². The van der Waals surface area contributed by atoms with Crippen LogP contribution in [0.5, 0.6) is 0 Å². The highest BCUT2D eigenvalue weighted by Gasteiger charge is 2.23. The number of nitrogens with one attached hydrogen (secondary N) is 2. The third-order valence-electron chi connectivity index (χ3n) is 4.06. The van der Waals surface area contributed by atoms with Gasteiger partial charge >= 0.3 is 0 Å². The van der Waals surface area contributed by atoms with Crippen LogP contribution < -0.4 is 5.32 Å². The summed E-state index contributed by atoms with van der Waals surface area (Å²) in [6.45, 7) is 8.83. The van der Waals surface area contributed by atoms with E-state index >= 15 is 0 Å². The van der Waals surface area contributed by atoms with Crippen molar-refractivity contribution in [3.05, 3.63) is 11.4 Å². The molecule has 3 nitrogen and oxygen atoms in total. The van der Waals surface area contributed by atoms with E-state index in [1.165, 1.54) is 43.5 Å². The molecule has 18 heavy (non-hydrogen) atoms. The Balaban J connectivity index is 1.93. The number of aromatic nitrogens is 2. The van der Waals surface area contributed by atoms with E-state index in [0.717, 1.165) is 17.5 Å². The zero-order valence-corrected chi connectivity index (χ0v) is 12.2. The summed E-state index contributed by atoms with van der Waals surface area (Å²) >= 11 is 0. The van der Waals surface area contributed by atoms with Crippen LogP contribution in [0.3, 0.4) is 0 Å². The maximum absolute atomic E-state index is 4.26. The second kappa shape index (κ2) is 5.77. The fourth-order valence-corrected chi connectivity index (χ4v) is 3.27. The molecule has 1 aromatic heterocycles. The Bertz CT molecular complexity index is 362. The van der Waals surface area contributed by atoms with Crippen LogP contribution in [0.25, 0.3) is 0 Å². The minimum absolute atomic E-state index is 0.637. The van der Waals surface area contributed by atoms with Gasteiger partial charge in [-0.3, -0.25) is 5.10 Å². The van der Waals surface area contributed by atoms with Crippen LogP contribution in [0.2, 0.25) is 0 Å². The van der Waals surface area contributed by atoms with Gasteiger partial charge in [0.1, 0.15) is 0 Å². The SMILES string of the molecule is Cc1n[nH]c(C)c1NC1CCCC(CC(C)C)C1. The second-order valence-electron chi connectivity index (χ2n) is 6.31. The van der Waals surface area contributed by atoms with Crippen LogP contribution in [0.4, 0.5) is 5.69 Å². The number of aryl methyl sites for hydroxylation is 2. The summed E-state index contributed by atoms with van der Waals surface area (Å²) in [6.07, 6.45) is 6.78. The average Bonchev–Trinajstić information content (AvgIpc) is 2.60. The van der Waals surface area contributed by atoms with Crippen LogP contribution >= 0.6 is 0 Å². The van der Waals surface area contributed by atoms with Crippen molar-refractivity contribution in [2.45, 2.75) is 65.8 Å². The number of hydrogen-bond acceptors (Lipinski definition) is 2. The van der Waals surface area contributed by atoms with Gasteiger partial charge in [-0.15, -0.1) is 0 Å². The molecule has 0 spiro atoms. The normalized spacial score (nSPS) is 24.5. The lowest BCUT2D eigenvalue weighted by Crippen LogP contribution is -2.28. The first kappa shape index (κ1) is 13.4. The molecule has 1 aliphatic rings. The number of nitrogens with zero attached hydrogens (tertiary/aromatic N) is 1. The number of H-pyrrole nitrogens is 1. The van der Waals surface area contributed by atoms with E-state index in [1.807, 2.05) is 0 Å². The molecule has 1 saturated carbocycles. The zero-order valence-electron chi connectivity index (χ0n) is 12.2. The highest BCUT2D eigenvalue weighted by Crippen LogP contribution is 2.31. The van der Waals surface area contributed by atoms with Gasteiger partial charge in [0.15, 0.2) is 0 Å². The predicted octanol–water partition coefficient (Wildman–Crippen LogP) is 4.04. The Morgan fingerprint density at radius 3 is 2.72 bits per heavy atom. The third-order valence-corrected chi connectivity index (χ3v) is 4.06. The van der Waals surface area contributed by atoms with Crippen LogP contribution in [-0.2, 0) is 0 Å². The molecule has 1 heterocycles. The number of hydrogen-bond donors (Lipinski definition) is 2. The Morgan fingerprint density at radius 2 is 2.11 bits per heavy atom. The van der Waals surface area contributed by atoms with Gasteiger partial charge in [-0.05, 0) is 44.9 Å². The standard InChI is InChI=1S/C15H27N3/c1-10(2)8-13-6-5-7-14(9-13)16-15-11(3)17-18-12(15)4/h10,13-14,16H,5-9H2,1-4H3,(H,17,18). The molecule has 2 unspecified atom stereocenters. The lowest BCUT2D eigenvalue weighted by Gasteiger charge is -2.31. The highest BCUT2D eigenvalue weighted by atomic mass is 15.2. The van der Waals surface area contributed by atoms with Crippen LogP contribution in [-0.4, -0.2) is 16.2 Å². The largest absolute Gasteiger partial charge is 0.379 e. The Morgan fingerprint density at radius 1 is 1.33 bits per heavy atom. The van der Waals surface area contributed by atoms with Gasteiger partial charge in [0.2, 0.25) is 0 Å². The van der Waals surface area contributed by atoms with E-state index < -0.39 is 0 Å². The highest BCUT2D eigenvalue weighted by molar-refractivity contribution is 5.52. The lowest BCUT2D eigenvalue weighted by molar-refractivity contribution is 0.289. The first-order valence-electron chi connectivity index (χ1n) is 7.34. The molecular formula is C15H27N3. The smallest absolute Gasteiger partial charge is 0.0825 e. The molecule has 102 valence electrons. The van der Waals surface area contributed by atoms with E-state index in [4.69, 9.17) is 0 Å². The van der Waals surface area contributed by atoms with Crippen LogP contribution in [0.15, 0.2) is 0 Å². The van der Waals surface area contributed by atoms with Crippen molar-refractivity contribution in [1.82, 2.24) is 10.2 Å². The van der Waals surface area contributed by atoms with Gasteiger partial charge in [0.25, 0.3) is 0 Å². The lowest BCUT2D eigenvalue weighted by atomic mass is 9.81. The fraction of sp³-hybridized carbons (Fsp3) is 0.800. The van der Waals surface area contributed by atoms with Crippen LogP contribution in [0, 0.1) is 25.7 Å². The van der Waals surface area contributed by atoms with E-state index in [9.17, 15) is 0 Å². The molecule has 0 saturated heterocycles. The van der Waals surface area contributed by atoms with Crippen molar-refractivity contribution in [3.63, 3.8) is 0 Å². The summed E-state index contributed by atoms with van der Waals surface area (Å²) in [5.41, 5.74) is 3.49. The summed E-state index contributed by atoms with van der Waals surface area (Å²) < 4.78 is 0. The molecule has 3 heteroatoms. The van der Waals surface area contributed by atoms with Crippen molar-refractivity contribution < 1.29 is 0 Å². The Hall–Kier alpha value is -0.990. The number of rotatable bonds is 4. The van der Waals surface area contributed by atoms with E-state index in [2.05, 4.69) is 43.2 Å². The zero-order chi connectivity index (χ0) is 13.1. The first-order chi connectivity index (χ1) is 8.56. The van der Waals surface area contributed by atoms with E-state index in [0.29, 0.717) is 6.04 Å². The van der Waals surface area contributed by atoms with Gasteiger partial charge < -0.3 is 5.32 Å².